The highest BCUT2D eigenvalue weighted by atomic mass is 19.3. The molecule has 0 aromatic heterocycles. The third-order valence-electron chi connectivity index (χ3n) is 2.31. The summed E-state index contributed by atoms with van der Waals surface area (Å²) in [5, 5.41) is 0. The predicted octanol–water partition coefficient (Wildman–Crippen LogP) is 2.33. The third-order valence-corrected chi connectivity index (χ3v) is 2.31. The maximum Gasteiger partial charge on any atom is 0.248 e. The van der Waals surface area contributed by atoms with Crippen molar-refractivity contribution >= 4 is 0 Å². The molecular weight excluding hydrogens is 160 g/mol. The lowest BCUT2D eigenvalue weighted by atomic mass is 9.75. The molecule has 0 radical (unpaired) electrons. The number of halogens is 2. The largest absolute Gasteiger partial charge is 0.327 e. The molecule has 12 heavy (non-hydrogen) atoms. The molecule has 1 atom stereocenters. The van der Waals surface area contributed by atoms with Crippen LogP contribution in [0.5, 0.6) is 0 Å². The second-order valence-electron chi connectivity index (χ2n) is 3.85. The summed E-state index contributed by atoms with van der Waals surface area (Å²) in [5.74, 6) is -2.45. The van der Waals surface area contributed by atoms with E-state index >= 15 is 0 Å². The van der Waals surface area contributed by atoms with Gasteiger partial charge in [0.25, 0.3) is 0 Å². The Hall–Kier alpha value is -0.440. The van der Waals surface area contributed by atoms with Crippen molar-refractivity contribution in [2.75, 3.05) is 0 Å². The molecule has 0 aromatic rings. The third kappa shape index (κ3) is 2.27. The first-order valence-electron chi connectivity index (χ1n) is 4.18. The van der Waals surface area contributed by atoms with Gasteiger partial charge in [0.1, 0.15) is 0 Å². The monoisotopic (exact) mass is 175 g/mol. The normalized spacial score (nSPS) is 24.7. The van der Waals surface area contributed by atoms with Crippen molar-refractivity contribution in [2.24, 2.45) is 11.7 Å². The molecule has 0 aliphatic heterocycles. The minimum absolute atomic E-state index is 0.00306. The molecule has 0 bridgehead atoms. The highest BCUT2D eigenvalue weighted by Crippen LogP contribution is 2.44. The van der Waals surface area contributed by atoms with E-state index in [-0.39, 0.29) is 24.8 Å². The predicted molar refractivity (Wildman–Crippen MR) is 45.1 cm³/mol. The van der Waals surface area contributed by atoms with Crippen LogP contribution >= 0.6 is 0 Å². The Morgan fingerprint density at radius 3 is 2.50 bits per heavy atom. The van der Waals surface area contributed by atoms with Crippen LogP contribution in [-0.2, 0) is 0 Å². The lowest BCUT2D eigenvalue weighted by Crippen LogP contribution is -2.45. The van der Waals surface area contributed by atoms with Crippen LogP contribution in [0.3, 0.4) is 0 Å². The first-order valence-corrected chi connectivity index (χ1v) is 4.18. The van der Waals surface area contributed by atoms with Crippen molar-refractivity contribution in [3.8, 4) is 0 Å². The van der Waals surface area contributed by atoms with E-state index in [2.05, 4.69) is 6.58 Å². The molecule has 1 aliphatic carbocycles. The molecule has 0 saturated heterocycles. The second kappa shape index (κ2) is 3.13. The highest BCUT2D eigenvalue weighted by Gasteiger charge is 2.47. The maximum absolute atomic E-state index is 12.4. The van der Waals surface area contributed by atoms with Gasteiger partial charge in [-0.25, -0.2) is 8.78 Å². The molecule has 2 N–H and O–H groups in total. The Balaban J connectivity index is 2.28. The van der Waals surface area contributed by atoms with Gasteiger partial charge in [0, 0.05) is 18.9 Å². The van der Waals surface area contributed by atoms with Crippen LogP contribution in [0.25, 0.3) is 0 Å². The molecule has 0 spiro atoms. The van der Waals surface area contributed by atoms with Crippen molar-refractivity contribution in [3.63, 3.8) is 0 Å². The Morgan fingerprint density at radius 2 is 2.17 bits per heavy atom. The summed E-state index contributed by atoms with van der Waals surface area (Å²) in [5.41, 5.74) is 6.68. The summed E-state index contributed by atoms with van der Waals surface area (Å²) >= 11 is 0. The van der Waals surface area contributed by atoms with E-state index in [0.29, 0.717) is 6.42 Å². The van der Waals surface area contributed by atoms with Crippen molar-refractivity contribution < 1.29 is 8.78 Å². The number of nitrogens with two attached hydrogens (primary N) is 1. The molecule has 1 rings (SSSR count). The Bertz CT molecular complexity index is 181. The van der Waals surface area contributed by atoms with Crippen LogP contribution in [0.15, 0.2) is 12.2 Å². The molecule has 0 aromatic carbocycles. The fraction of sp³-hybridized carbons (Fsp3) is 0.778. The van der Waals surface area contributed by atoms with Gasteiger partial charge in [0.15, 0.2) is 0 Å². The Morgan fingerprint density at radius 1 is 1.67 bits per heavy atom. The minimum Gasteiger partial charge on any atom is -0.327 e. The number of hydrogen-bond donors (Lipinski definition) is 1. The molecular formula is C9H15F2N. The molecule has 1 nitrogen and oxygen atoms in total. The molecule has 70 valence electrons. The summed E-state index contributed by atoms with van der Waals surface area (Å²) < 4.78 is 24.8. The van der Waals surface area contributed by atoms with Crippen molar-refractivity contribution in [1.29, 1.82) is 0 Å². The molecule has 1 saturated carbocycles. The summed E-state index contributed by atoms with van der Waals surface area (Å²) in [6.45, 7) is 5.58. The summed E-state index contributed by atoms with van der Waals surface area (Å²) in [6, 6.07) is -0.123. The SMILES string of the molecule is C=C(C)CC(N)C1CC(F)(F)C1. The van der Waals surface area contributed by atoms with E-state index in [9.17, 15) is 8.78 Å². The van der Waals surface area contributed by atoms with E-state index < -0.39 is 5.92 Å². The second-order valence-corrected chi connectivity index (χ2v) is 3.85. The van der Waals surface area contributed by atoms with E-state index in [0.717, 1.165) is 5.57 Å². The average molecular weight is 175 g/mol. The topological polar surface area (TPSA) is 26.0 Å². The lowest BCUT2D eigenvalue weighted by Gasteiger charge is -2.38. The van der Waals surface area contributed by atoms with Crippen molar-refractivity contribution in [2.45, 2.75) is 38.2 Å². The standard InChI is InChI=1S/C9H15F2N/c1-6(2)3-8(12)7-4-9(10,11)5-7/h7-8H,1,3-5,12H2,2H3. The quantitative estimate of drug-likeness (QED) is 0.654. The fourth-order valence-corrected chi connectivity index (χ4v) is 1.58. The van der Waals surface area contributed by atoms with E-state index in [4.69, 9.17) is 5.73 Å². The highest BCUT2D eigenvalue weighted by molar-refractivity contribution is 4.99. The Labute approximate surface area is 71.6 Å². The maximum atomic E-state index is 12.4. The van der Waals surface area contributed by atoms with Gasteiger partial charge in [-0.05, 0) is 19.3 Å². The van der Waals surface area contributed by atoms with Gasteiger partial charge < -0.3 is 5.73 Å². The molecule has 0 amide bonds. The van der Waals surface area contributed by atoms with Crippen LogP contribution in [0.4, 0.5) is 8.78 Å². The molecule has 1 fully saturated rings. The van der Waals surface area contributed by atoms with Gasteiger partial charge in [-0.15, -0.1) is 6.58 Å². The molecule has 0 heterocycles. The summed E-state index contributed by atoms with van der Waals surface area (Å²) in [4.78, 5) is 0. The summed E-state index contributed by atoms with van der Waals surface area (Å²) in [6.07, 6.45) is 0.587. The summed E-state index contributed by atoms with van der Waals surface area (Å²) in [7, 11) is 0. The lowest BCUT2D eigenvalue weighted by molar-refractivity contribution is -0.116. The van der Waals surface area contributed by atoms with Crippen molar-refractivity contribution in [1.82, 2.24) is 0 Å². The zero-order chi connectivity index (χ0) is 9.35. The van der Waals surface area contributed by atoms with Crippen LogP contribution in [0.1, 0.15) is 26.2 Å². The van der Waals surface area contributed by atoms with Crippen LogP contribution < -0.4 is 5.73 Å². The molecule has 3 heteroatoms. The molecule has 1 unspecified atom stereocenters. The first-order chi connectivity index (χ1) is 5.41. The average Bonchev–Trinajstić information content (AvgIpc) is 1.80. The fourth-order valence-electron chi connectivity index (χ4n) is 1.58. The van der Waals surface area contributed by atoms with Gasteiger partial charge in [0.2, 0.25) is 5.92 Å². The van der Waals surface area contributed by atoms with Gasteiger partial charge >= 0.3 is 0 Å². The van der Waals surface area contributed by atoms with Crippen LogP contribution in [-0.4, -0.2) is 12.0 Å². The van der Waals surface area contributed by atoms with Crippen LogP contribution in [0.2, 0.25) is 0 Å². The van der Waals surface area contributed by atoms with Crippen molar-refractivity contribution in [3.05, 3.63) is 12.2 Å². The van der Waals surface area contributed by atoms with Gasteiger partial charge in [0.05, 0.1) is 0 Å². The van der Waals surface area contributed by atoms with Gasteiger partial charge in [-0.3, -0.25) is 0 Å². The number of rotatable bonds is 3. The Kier molecular flexibility index (Phi) is 2.52. The first kappa shape index (κ1) is 9.65. The zero-order valence-electron chi connectivity index (χ0n) is 7.32. The van der Waals surface area contributed by atoms with E-state index in [1.807, 2.05) is 6.92 Å². The zero-order valence-corrected chi connectivity index (χ0v) is 7.32. The van der Waals surface area contributed by atoms with Gasteiger partial charge in [-0.1, -0.05) is 5.57 Å². The van der Waals surface area contributed by atoms with E-state index in [1.165, 1.54) is 0 Å². The van der Waals surface area contributed by atoms with E-state index in [1.54, 1.807) is 0 Å². The minimum atomic E-state index is -2.45. The van der Waals surface area contributed by atoms with Gasteiger partial charge in [-0.2, -0.15) is 0 Å². The smallest absolute Gasteiger partial charge is 0.248 e. The van der Waals surface area contributed by atoms with Crippen LogP contribution in [0, 0.1) is 5.92 Å². The number of hydrogen-bond acceptors (Lipinski definition) is 1. The number of alkyl halides is 2. The molecule has 1 aliphatic rings.